The smallest absolute Gasteiger partial charge is 0.407 e. The number of ether oxygens (including phenoxy) is 4. The number of aliphatic hydroxyl groups excluding tert-OH is 1. The first-order chi connectivity index (χ1) is 21.6. The molecule has 0 radical (unpaired) electrons. The fourth-order valence-corrected chi connectivity index (χ4v) is 8.26. The second-order valence-corrected chi connectivity index (χ2v) is 15.1. The average molecular weight is 646 g/mol. The normalized spacial score (nSPS) is 22.3. The second-order valence-electron chi connectivity index (χ2n) is 13.1. The van der Waals surface area contributed by atoms with Crippen molar-refractivity contribution in [3.05, 3.63) is 54.1 Å². The number of alkyl carbamates (subject to hydrolysis) is 1. The van der Waals surface area contributed by atoms with E-state index in [2.05, 4.69) is 5.32 Å². The van der Waals surface area contributed by atoms with Gasteiger partial charge in [-0.3, -0.25) is 0 Å². The molecule has 1 saturated heterocycles. The molecule has 2 aliphatic heterocycles. The molecule has 2 fully saturated rings. The van der Waals surface area contributed by atoms with Gasteiger partial charge in [0.15, 0.2) is 11.5 Å². The Kier molecular flexibility index (Phi) is 10.9. The number of nitrogens with two attached hydrogens (primary N) is 1. The van der Waals surface area contributed by atoms with E-state index in [1.165, 1.54) is 16.4 Å². The third-order valence-electron chi connectivity index (χ3n) is 9.06. The van der Waals surface area contributed by atoms with Crippen molar-refractivity contribution in [1.29, 1.82) is 0 Å². The van der Waals surface area contributed by atoms with Crippen LogP contribution in [0.3, 0.4) is 0 Å². The Morgan fingerprint density at radius 1 is 1.13 bits per heavy atom. The van der Waals surface area contributed by atoms with Crippen LogP contribution in [0.25, 0.3) is 0 Å². The van der Waals surface area contributed by atoms with Crippen LogP contribution in [0.2, 0.25) is 0 Å². The average Bonchev–Trinajstić information content (AvgIpc) is 3.75. The molecule has 1 aliphatic carbocycles. The highest BCUT2D eigenvalue weighted by Gasteiger charge is 2.43. The highest BCUT2D eigenvalue weighted by atomic mass is 32.2. The van der Waals surface area contributed by atoms with Crippen molar-refractivity contribution in [2.24, 2.45) is 17.1 Å². The van der Waals surface area contributed by atoms with Crippen molar-refractivity contribution in [2.75, 3.05) is 33.0 Å². The summed E-state index contributed by atoms with van der Waals surface area (Å²) in [5, 5.41) is 14.6. The summed E-state index contributed by atoms with van der Waals surface area (Å²) in [5.41, 5.74) is 6.18. The first kappa shape index (κ1) is 33.5. The van der Waals surface area contributed by atoms with Crippen LogP contribution in [0, 0.1) is 11.3 Å². The molecule has 5 atom stereocenters. The number of aliphatic hydroxyl groups is 1. The molecule has 5 rings (SSSR count). The van der Waals surface area contributed by atoms with Crippen molar-refractivity contribution in [3.63, 3.8) is 0 Å². The molecule has 1 saturated carbocycles. The van der Waals surface area contributed by atoms with Crippen LogP contribution in [0.1, 0.15) is 57.9 Å². The maximum atomic E-state index is 14.2. The first-order valence-electron chi connectivity index (χ1n) is 16.0. The molecule has 2 aromatic carbocycles. The zero-order valence-corrected chi connectivity index (χ0v) is 27.0. The zero-order chi connectivity index (χ0) is 32.0. The van der Waals surface area contributed by atoms with Gasteiger partial charge < -0.3 is 35.1 Å². The third kappa shape index (κ3) is 8.48. The molecule has 0 unspecified atom stereocenters. The van der Waals surface area contributed by atoms with Crippen LogP contribution < -0.4 is 20.5 Å². The number of hydrogen-bond donors (Lipinski definition) is 3. The maximum Gasteiger partial charge on any atom is 0.407 e. The van der Waals surface area contributed by atoms with E-state index >= 15 is 0 Å². The van der Waals surface area contributed by atoms with Gasteiger partial charge in [0, 0.05) is 25.1 Å². The van der Waals surface area contributed by atoms with E-state index in [9.17, 15) is 18.3 Å². The van der Waals surface area contributed by atoms with E-state index < -0.39 is 33.7 Å². The Morgan fingerprint density at radius 3 is 2.69 bits per heavy atom. The second kappa shape index (κ2) is 14.7. The lowest BCUT2D eigenvalue weighted by molar-refractivity contribution is 0.0507. The van der Waals surface area contributed by atoms with Crippen LogP contribution in [0.4, 0.5) is 4.79 Å². The van der Waals surface area contributed by atoms with E-state index in [-0.39, 0.29) is 49.3 Å². The van der Waals surface area contributed by atoms with Gasteiger partial charge in [0.1, 0.15) is 6.10 Å². The molecule has 45 heavy (non-hydrogen) atoms. The van der Waals surface area contributed by atoms with Crippen molar-refractivity contribution in [1.82, 2.24) is 9.62 Å². The Hall–Kier alpha value is -2.90. The molecule has 12 heteroatoms. The van der Waals surface area contributed by atoms with Gasteiger partial charge in [-0.15, -0.1) is 0 Å². The van der Waals surface area contributed by atoms with Gasteiger partial charge in [-0.25, -0.2) is 13.2 Å². The molecule has 4 N–H and O–H groups in total. The van der Waals surface area contributed by atoms with Gasteiger partial charge in [-0.1, -0.05) is 57.0 Å². The minimum atomic E-state index is -4.09. The van der Waals surface area contributed by atoms with Crippen LogP contribution in [-0.2, 0) is 25.9 Å². The Bertz CT molecular complexity index is 1390. The molecule has 248 valence electrons. The first-order valence-corrected chi connectivity index (χ1v) is 17.4. The van der Waals surface area contributed by atoms with E-state index in [0.29, 0.717) is 24.7 Å². The maximum absolute atomic E-state index is 14.2. The monoisotopic (exact) mass is 645 g/mol. The molecule has 0 aromatic heterocycles. The van der Waals surface area contributed by atoms with Crippen molar-refractivity contribution in [3.8, 4) is 11.5 Å². The van der Waals surface area contributed by atoms with Crippen LogP contribution in [0.5, 0.6) is 11.5 Å². The number of hydrogen-bond acceptors (Lipinski definition) is 9. The summed E-state index contributed by atoms with van der Waals surface area (Å²) < 4.78 is 52.2. The van der Waals surface area contributed by atoms with Gasteiger partial charge in [-0.05, 0) is 61.8 Å². The fourth-order valence-electron chi connectivity index (χ4n) is 6.60. The number of nitrogens with zero attached hydrogens (tertiary/aromatic N) is 1. The van der Waals surface area contributed by atoms with Crippen LogP contribution in [0.15, 0.2) is 53.4 Å². The van der Waals surface area contributed by atoms with Crippen molar-refractivity contribution < 1.29 is 37.3 Å². The van der Waals surface area contributed by atoms with Crippen molar-refractivity contribution >= 4 is 16.1 Å². The summed E-state index contributed by atoms with van der Waals surface area (Å²) in [5.74, 6) is 1.01. The van der Waals surface area contributed by atoms with Gasteiger partial charge >= 0.3 is 6.09 Å². The number of unbranched alkanes of at least 4 members (excludes halogenated alkanes) is 1. The van der Waals surface area contributed by atoms with E-state index in [1.807, 2.05) is 44.2 Å². The number of sulfonamides is 1. The van der Waals surface area contributed by atoms with E-state index in [4.69, 9.17) is 24.7 Å². The minimum absolute atomic E-state index is 0.0206. The topological polar surface area (TPSA) is 150 Å². The number of fused-ring (bicyclic) bond motifs is 2. The van der Waals surface area contributed by atoms with Crippen LogP contribution >= 0.6 is 0 Å². The summed E-state index contributed by atoms with van der Waals surface area (Å²) in [4.78, 5) is 13.3. The molecular formula is C33H47N3O8S. The number of carbonyl (C=O) groups excluding carboxylic acids is 1. The Labute approximate surface area is 266 Å². The molecule has 1 amide bonds. The van der Waals surface area contributed by atoms with E-state index in [1.54, 1.807) is 6.07 Å². The summed E-state index contributed by atoms with van der Waals surface area (Å²) in [6, 6.07) is 13.2. The standard InChI is InChI=1S/C33H47N3O8S/c1-33(2,15-6-7-16-34)21-36(45(39,40)24-13-14-29-30(18-24)43-22-42-29)19-27(37)26(17-23-9-4-3-5-10-23)35-32(38)44-31-20-41-28-12-8-11-25(28)31/h3-5,9-10,13-14,18,25-28,31,37H,6-8,11-12,15-17,19-22,34H2,1-2H3,(H,35,38)/t25-,26+,27-,28+,31+/m1/s1. The number of rotatable bonds is 15. The lowest BCUT2D eigenvalue weighted by Gasteiger charge is -2.35. The zero-order valence-electron chi connectivity index (χ0n) is 26.2. The van der Waals surface area contributed by atoms with Crippen molar-refractivity contribution in [2.45, 2.75) is 88.0 Å². The van der Waals surface area contributed by atoms with E-state index in [0.717, 1.165) is 44.1 Å². The highest BCUT2D eigenvalue weighted by Crippen LogP contribution is 2.38. The molecule has 2 heterocycles. The minimum Gasteiger partial charge on any atom is -0.454 e. The van der Waals surface area contributed by atoms with Crippen LogP contribution in [-0.4, -0.2) is 81.3 Å². The highest BCUT2D eigenvalue weighted by molar-refractivity contribution is 7.89. The molecule has 2 aromatic rings. The SMILES string of the molecule is CC(C)(CCCCN)CN(C[C@@H](O)[C@H](Cc1ccccc1)NC(=O)O[C@H]1CO[C@H]2CCC[C@H]21)S(=O)(=O)c1ccc2c(c1)OCO2. The fraction of sp³-hybridized carbons (Fsp3) is 0.606. The number of benzene rings is 2. The van der Waals surface area contributed by atoms with Gasteiger partial charge in [0.2, 0.25) is 16.8 Å². The summed E-state index contributed by atoms with van der Waals surface area (Å²) in [6.07, 6.45) is 3.55. The summed E-state index contributed by atoms with van der Waals surface area (Å²) in [6.45, 7) is 4.86. The summed E-state index contributed by atoms with van der Waals surface area (Å²) >= 11 is 0. The predicted octanol–water partition coefficient (Wildman–Crippen LogP) is 3.83. The number of carbonyl (C=O) groups is 1. The molecule has 0 bridgehead atoms. The molecular weight excluding hydrogens is 598 g/mol. The molecule has 0 spiro atoms. The lowest BCUT2D eigenvalue weighted by atomic mass is 9.87. The largest absolute Gasteiger partial charge is 0.454 e. The number of amides is 1. The van der Waals surface area contributed by atoms with Gasteiger partial charge in [0.25, 0.3) is 0 Å². The quantitative estimate of drug-likeness (QED) is 0.246. The molecule has 3 aliphatic rings. The molecule has 11 nitrogen and oxygen atoms in total. The predicted molar refractivity (Wildman–Crippen MR) is 168 cm³/mol. The number of nitrogens with one attached hydrogen (secondary N) is 1. The third-order valence-corrected chi connectivity index (χ3v) is 10.9. The Morgan fingerprint density at radius 2 is 1.91 bits per heavy atom. The van der Waals surface area contributed by atoms with Gasteiger partial charge in [0.05, 0.1) is 29.8 Å². The van der Waals surface area contributed by atoms with Gasteiger partial charge in [-0.2, -0.15) is 4.31 Å². The Balaban J connectivity index is 1.37. The lowest BCUT2D eigenvalue weighted by Crippen LogP contribution is -2.52. The summed E-state index contributed by atoms with van der Waals surface area (Å²) in [7, 11) is -4.09.